The second kappa shape index (κ2) is 9.97. The van der Waals surface area contributed by atoms with Gasteiger partial charge in [0.05, 0.1) is 11.7 Å². The number of rotatable bonds is 8. The Labute approximate surface area is 191 Å². The van der Waals surface area contributed by atoms with E-state index in [0.29, 0.717) is 66.6 Å². The molecular weight excluding hydrogens is 424 g/mol. The van der Waals surface area contributed by atoms with Crippen LogP contribution in [0.1, 0.15) is 33.6 Å². The minimum absolute atomic E-state index is 0.0551. The normalized spacial score (nSPS) is 15.8. The van der Waals surface area contributed by atoms with Crippen LogP contribution < -0.4 is 11.1 Å². The third kappa shape index (κ3) is 4.96. The van der Waals surface area contributed by atoms with Crippen LogP contribution in [0.5, 0.6) is 0 Å². The average molecular weight is 453 g/mol. The van der Waals surface area contributed by atoms with E-state index in [0.717, 1.165) is 6.42 Å². The van der Waals surface area contributed by atoms with Gasteiger partial charge in [-0.15, -0.1) is 0 Å². The molecule has 3 N–H and O–H groups in total. The molecule has 0 aliphatic carbocycles. The molecule has 33 heavy (non-hydrogen) atoms. The topological polar surface area (TPSA) is 125 Å². The maximum Gasteiger partial charge on any atom is 0.258 e. The molecule has 10 heteroatoms. The van der Waals surface area contributed by atoms with E-state index in [1.807, 2.05) is 4.57 Å². The molecule has 0 bridgehead atoms. The third-order valence-corrected chi connectivity index (χ3v) is 5.70. The number of nitrogen functional groups attached to an aromatic ring is 1. The van der Waals surface area contributed by atoms with E-state index in [9.17, 15) is 9.59 Å². The van der Waals surface area contributed by atoms with Gasteiger partial charge in [-0.2, -0.15) is 0 Å². The van der Waals surface area contributed by atoms with Gasteiger partial charge in [0.15, 0.2) is 5.65 Å². The van der Waals surface area contributed by atoms with E-state index in [2.05, 4.69) is 15.3 Å². The summed E-state index contributed by atoms with van der Waals surface area (Å²) in [5, 5.41) is 2.85. The number of pyridine rings is 1. The van der Waals surface area contributed by atoms with Crippen LogP contribution in [0, 0.1) is 0 Å². The van der Waals surface area contributed by atoms with Crippen molar-refractivity contribution in [2.45, 2.75) is 25.5 Å². The van der Waals surface area contributed by atoms with Gasteiger partial charge in [-0.3, -0.25) is 19.5 Å². The Morgan fingerprint density at radius 1 is 1.24 bits per heavy atom. The first-order valence-electron chi connectivity index (χ1n) is 10.8. The van der Waals surface area contributed by atoms with Crippen molar-refractivity contribution in [2.75, 3.05) is 45.0 Å². The fourth-order valence-electron chi connectivity index (χ4n) is 3.94. The molecule has 0 spiro atoms. The number of anilines is 2. The number of ether oxygens (including phenoxy) is 2. The summed E-state index contributed by atoms with van der Waals surface area (Å²) in [4.78, 5) is 36.6. The summed E-state index contributed by atoms with van der Waals surface area (Å²) in [7, 11) is 3.29. The summed E-state index contributed by atoms with van der Waals surface area (Å²) in [5.41, 5.74) is 8.30. The average Bonchev–Trinajstić information content (AvgIpc) is 3.43. The number of amides is 2. The number of nitrogens with zero attached hydrogens (tertiary/aromatic N) is 4. The van der Waals surface area contributed by atoms with Crippen LogP contribution in [0.25, 0.3) is 11.2 Å². The summed E-state index contributed by atoms with van der Waals surface area (Å²) in [6.07, 6.45) is 3.13. The van der Waals surface area contributed by atoms with E-state index < -0.39 is 0 Å². The number of nitrogens with two attached hydrogens (primary N) is 1. The molecule has 3 heterocycles. The summed E-state index contributed by atoms with van der Waals surface area (Å²) >= 11 is 0. The largest absolute Gasteiger partial charge is 0.399 e. The molecule has 3 aromatic rings. The second-order valence-electron chi connectivity index (χ2n) is 7.98. The Morgan fingerprint density at radius 3 is 2.82 bits per heavy atom. The quantitative estimate of drug-likeness (QED) is 0.396. The molecule has 1 aliphatic heterocycles. The number of carbonyl (C=O) groups is 2. The Balaban J connectivity index is 1.63. The number of benzene rings is 1. The van der Waals surface area contributed by atoms with Crippen LogP contribution in [-0.4, -0.2) is 71.3 Å². The van der Waals surface area contributed by atoms with E-state index in [4.69, 9.17) is 15.2 Å². The van der Waals surface area contributed by atoms with Gasteiger partial charge in [0, 0.05) is 57.9 Å². The first kappa shape index (κ1) is 22.7. The number of aromatic nitrogens is 3. The zero-order valence-corrected chi connectivity index (χ0v) is 18.8. The Morgan fingerprint density at radius 2 is 2.09 bits per heavy atom. The lowest BCUT2D eigenvalue weighted by molar-refractivity contribution is 0.0724. The Bertz CT molecular complexity index is 1160. The molecule has 0 unspecified atom stereocenters. The summed E-state index contributed by atoms with van der Waals surface area (Å²) in [6, 6.07) is 8.44. The first-order valence-corrected chi connectivity index (χ1v) is 10.8. The van der Waals surface area contributed by atoms with Gasteiger partial charge >= 0.3 is 0 Å². The van der Waals surface area contributed by atoms with E-state index in [1.165, 1.54) is 0 Å². The van der Waals surface area contributed by atoms with Crippen LogP contribution in [0.4, 0.5) is 11.6 Å². The van der Waals surface area contributed by atoms with Crippen LogP contribution in [0.2, 0.25) is 0 Å². The minimum Gasteiger partial charge on any atom is -0.399 e. The third-order valence-electron chi connectivity index (χ3n) is 5.70. The van der Waals surface area contributed by atoms with Gasteiger partial charge in [0.25, 0.3) is 11.8 Å². The van der Waals surface area contributed by atoms with Crippen molar-refractivity contribution in [1.29, 1.82) is 0 Å². The number of imidazole rings is 1. The highest BCUT2D eigenvalue weighted by Gasteiger charge is 2.27. The molecule has 1 aromatic carbocycles. The number of likely N-dealkylation sites (tertiary alicyclic amines) is 1. The molecule has 1 atom stereocenters. The van der Waals surface area contributed by atoms with Crippen molar-refractivity contribution in [2.24, 2.45) is 0 Å². The van der Waals surface area contributed by atoms with Gasteiger partial charge in [-0.1, -0.05) is 6.07 Å². The predicted octanol–water partition coefficient (Wildman–Crippen LogP) is 2.16. The molecule has 1 fully saturated rings. The summed E-state index contributed by atoms with van der Waals surface area (Å²) < 4.78 is 12.3. The second-order valence-corrected chi connectivity index (χ2v) is 7.98. The molecular formula is C23H28N6O4. The van der Waals surface area contributed by atoms with Crippen molar-refractivity contribution in [3.8, 4) is 0 Å². The molecule has 174 valence electrons. The summed E-state index contributed by atoms with van der Waals surface area (Å²) in [5.74, 6) is -0.0842. The molecule has 1 saturated heterocycles. The maximum absolute atomic E-state index is 12.9. The van der Waals surface area contributed by atoms with E-state index >= 15 is 0 Å². The zero-order valence-electron chi connectivity index (χ0n) is 18.8. The predicted molar refractivity (Wildman–Crippen MR) is 124 cm³/mol. The van der Waals surface area contributed by atoms with E-state index in [-0.39, 0.29) is 17.9 Å². The van der Waals surface area contributed by atoms with Crippen LogP contribution in [0.15, 0.2) is 36.5 Å². The van der Waals surface area contributed by atoms with Crippen molar-refractivity contribution >= 4 is 34.6 Å². The molecule has 0 radical (unpaired) electrons. The molecule has 2 amide bonds. The van der Waals surface area contributed by atoms with Crippen molar-refractivity contribution < 1.29 is 19.1 Å². The SMILES string of the molecule is COCCCn1c(NC(=O)c2cccc(N)c2)nc2cc(C(=O)N3CC[C@H](OC)C3)cnc21. The highest BCUT2D eigenvalue weighted by Crippen LogP contribution is 2.22. The fraction of sp³-hybridized carbons (Fsp3) is 0.391. The lowest BCUT2D eigenvalue weighted by Crippen LogP contribution is -2.30. The van der Waals surface area contributed by atoms with Crippen LogP contribution >= 0.6 is 0 Å². The first-order chi connectivity index (χ1) is 16.0. The van der Waals surface area contributed by atoms with Crippen molar-refractivity contribution in [3.05, 3.63) is 47.7 Å². The van der Waals surface area contributed by atoms with Gasteiger partial charge in [0.1, 0.15) is 5.52 Å². The number of fused-ring (bicyclic) bond motifs is 1. The number of methoxy groups -OCH3 is 2. The van der Waals surface area contributed by atoms with Crippen molar-refractivity contribution in [1.82, 2.24) is 19.4 Å². The minimum atomic E-state index is -0.329. The maximum atomic E-state index is 12.9. The van der Waals surface area contributed by atoms with Gasteiger partial charge in [0.2, 0.25) is 5.95 Å². The number of hydrogen-bond acceptors (Lipinski definition) is 7. The number of aryl methyl sites for hydroxylation is 1. The lowest BCUT2D eigenvalue weighted by atomic mass is 10.2. The van der Waals surface area contributed by atoms with Gasteiger partial charge in [-0.05, 0) is 37.1 Å². The van der Waals surface area contributed by atoms with Gasteiger partial charge in [-0.25, -0.2) is 9.97 Å². The monoisotopic (exact) mass is 452 g/mol. The molecule has 2 aromatic heterocycles. The lowest BCUT2D eigenvalue weighted by Gasteiger charge is -2.16. The molecule has 1 aliphatic rings. The fourth-order valence-corrected chi connectivity index (χ4v) is 3.94. The van der Waals surface area contributed by atoms with Crippen LogP contribution in [0.3, 0.4) is 0 Å². The number of hydrogen-bond donors (Lipinski definition) is 2. The highest BCUT2D eigenvalue weighted by atomic mass is 16.5. The van der Waals surface area contributed by atoms with E-state index in [1.54, 1.807) is 55.6 Å². The highest BCUT2D eigenvalue weighted by molar-refractivity contribution is 6.04. The Hall–Kier alpha value is -3.50. The van der Waals surface area contributed by atoms with Crippen LogP contribution in [-0.2, 0) is 16.0 Å². The molecule has 0 saturated carbocycles. The number of carbonyl (C=O) groups excluding carboxylic acids is 2. The smallest absolute Gasteiger partial charge is 0.258 e. The van der Waals surface area contributed by atoms with Crippen molar-refractivity contribution in [3.63, 3.8) is 0 Å². The zero-order chi connectivity index (χ0) is 23.4. The summed E-state index contributed by atoms with van der Waals surface area (Å²) in [6.45, 7) is 2.29. The molecule has 4 rings (SSSR count). The number of nitrogens with one attached hydrogen (secondary N) is 1. The van der Waals surface area contributed by atoms with Gasteiger partial charge < -0.3 is 20.1 Å². The molecule has 10 nitrogen and oxygen atoms in total. The Kier molecular flexibility index (Phi) is 6.85. The standard InChI is InChI=1S/C23H28N6O4/c1-32-10-4-8-29-20-19(26-23(29)27-21(30)15-5-3-6-17(24)11-15)12-16(13-25-20)22(31)28-9-7-18(14-28)33-2/h3,5-6,11-13,18H,4,7-10,14,24H2,1-2H3,(H,26,27,30)/t18-/m0/s1.